The standard InChI is InChI=1S/C27H35N3O4/c1-17(2)23(28-24(31)18-12-14-19(15-13-18)27(3,4)5)26(33)30-16-22(25(32)29(6)7)34-21-11-9-8-10-20(21)30/h8-15,17,22-23H,16H2,1-7H3,(H,28,31)/t22-,23+/m0/s1. The molecule has 2 atom stereocenters. The third-order valence-electron chi connectivity index (χ3n) is 5.99. The number of amides is 3. The third-order valence-corrected chi connectivity index (χ3v) is 5.99. The van der Waals surface area contributed by atoms with Gasteiger partial charge in [-0.05, 0) is 41.2 Å². The minimum absolute atomic E-state index is 0.0182. The summed E-state index contributed by atoms with van der Waals surface area (Å²) in [6, 6.07) is 13.8. The lowest BCUT2D eigenvalue weighted by Gasteiger charge is -2.37. The van der Waals surface area contributed by atoms with E-state index in [-0.39, 0.29) is 35.6 Å². The number of ether oxygens (including phenoxy) is 1. The highest BCUT2D eigenvalue weighted by Crippen LogP contribution is 2.34. The van der Waals surface area contributed by atoms with Crippen molar-refractivity contribution in [2.24, 2.45) is 5.92 Å². The zero-order valence-corrected chi connectivity index (χ0v) is 21.1. The molecule has 182 valence electrons. The molecule has 2 aromatic rings. The summed E-state index contributed by atoms with van der Waals surface area (Å²) in [4.78, 5) is 42.4. The molecule has 0 saturated carbocycles. The van der Waals surface area contributed by atoms with Gasteiger partial charge in [0.2, 0.25) is 5.91 Å². The van der Waals surface area contributed by atoms with Crippen molar-refractivity contribution in [3.8, 4) is 5.75 Å². The smallest absolute Gasteiger partial charge is 0.265 e. The molecule has 7 nitrogen and oxygen atoms in total. The molecule has 1 N–H and O–H groups in total. The molecular weight excluding hydrogens is 430 g/mol. The van der Waals surface area contributed by atoms with Crippen molar-refractivity contribution in [1.29, 1.82) is 0 Å². The van der Waals surface area contributed by atoms with Crippen molar-refractivity contribution in [2.75, 3.05) is 25.5 Å². The number of hydrogen-bond acceptors (Lipinski definition) is 4. The molecule has 1 heterocycles. The van der Waals surface area contributed by atoms with E-state index in [1.165, 1.54) is 4.90 Å². The second-order valence-corrected chi connectivity index (χ2v) is 10.3. The largest absolute Gasteiger partial charge is 0.476 e. The Morgan fingerprint density at radius 1 is 1.03 bits per heavy atom. The van der Waals surface area contributed by atoms with Crippen molar-refractivity contribution in [2.45, 2.75) is 52.2 Å². The number of hydrogen-bond donors (Lipinski definition) is 1. The maximum atomic E-state index is 13.7. The molecule has 0 radical (unpaired) electrons. The lowest BCUT2D eigenvalue weighted by atomic mass is 9.86. The fraction of sp³-hybridized carbons (Fsp3) is 0.444. The Hall–Kier alpha value is -3.35. The van der Waals surface area contributed by atoms with Crippen LogP contribution in [-0.2, 0) is 15.0 Å². The quantitative estimate of drug-likeness (QED) is 0.732. The Balaban J connectivity index is 1.86. The molecule has 0 unspecified atom stereocenters. The molecule has 0 fully saturated rings. The van der Waals surface area contributed by atoms with Crippen LogP contribution in [-0.4, -0.2) is 55.4 Å². The van der Waals surface area contributed by atoms with E-state index in [9.17, 15) is 14.4 Å². The van der Waals surface area contributed by atoms with Gasteiger partial charge < -0.3 is 19.9 Å². The monoisotopic (exact) mass is 465 g/mol. The van der Waals surface area contributed by atoms with Crippen LogP contribution in [0.5, 0.6) is 5.75 Å². The van der Waals surface area contributed by atoms with Crippen molar-refractivity contribution in [3.05, 3.63) is 59.7 Å². The first-order chi connectivity index (χ1) is 15.9. The van der Waals surface area contributed by atoms with Gasteiger partial charge in [-0.25, -0.2) is 0 Å². The molecule has 34 heavy (non-hydrogen) atoms. The third kappa shape index (κ3) is 5.41. The minimum atomic E-state index is -0.817. The SMILES string of the molecule is CC(C)[C@@H](NC(=O)c1ccc(C(C)(C)C)cc1)C(=O)N1C[C@@H](C(=O)N(C)C)Oc2ccccc21. The van der Waals surface area contributed by atoms with E-state index in [4.69, 9.17) is 4.74 Å². The summed E-state index contributed by atoms with van der Waals surface area (Å²) >= 11 is 0. The maximum Gasteiger partial charge on any atom is 0.265 e. The average Bonchev–Trinajstić information content (AvgIpc) is 2.79. The number of para-hydroxylation sites is 2. The van der Waals surface area contributed by atoms with Crippen LogP contribution < -0.4 is 15.0 Å². The van der Waals surface area contributed by atoms with Crippen molar-refractivity contribution in [3.63, 3.8) is 0 Å². The Bertz CT molecular complexity index is 1050. The first kappa shape index (κ1) is 25.3. The fourth-order valence-electron chi connectivity index (χ4n) is 3.89. The number of carbonyl (C=O) groups excluding carboxylic acids is 3. The number of anilines is 1. The predicted octanol–water partition coefficient (Wildman–Crippen LogP) is 3.62. The fourth-order valence-corrected chi connectivity index (χ4v) is 3.89. The molecule has 1 aliphatic heterocycles. The summed E-state index contributed by atoms with van der Waals surface area (Å²) < 4.78 is 5.89. The van der Waals surface area contributed by atoms with E-state index in [0.29, 0.717) is 17.0 Å². The van der Waals surface area contributed by atoms with E-state index in [1.807, 2.05) is 32.0 Å². The highest BCUT2D eigenvalue weighted by Gasteiger charge is 2.38. The van der Waals surface area contributed by atoms with Crippen molar-refractivity contribution < 1.29 is 19.1 Å². The van der Waals surface area contributed by atoms with Gasteiger partial charge >= 0.3 is 0 Å². The highest BCUT2D eigenvalue weighted by atomic mass is 16.5. The summed E-state index contributed by atoms with van der Waals surface area (Å²) in [5, 5.41) is 2.92. The van der Waals surface area contributed by atoms with E-state index >= 15 is 0 Å². The first-order valence-electron chi connectivity index (χ1n) is 11.6. The average molecular weight is 466 g/mol. The van der Waals surface area contributed by atoms with E-state index in [1.54, 1.807) is 49.3 Å². The normalized spacial score (nSPS) is 16.4. The molecule has 3 rings (SSSR count). The van der Waals surface area contributed by atoms with Crippen LogP contribution >= 0.6 is 0 Å². The van der Waals surface area contributed by atoms with Crippen LogP contribution in [0.1, 0.15) is 50.5 Å². The van der Waals surface area contributed by atoms with E-state index in [0.717, 1.165) is 5.56 Å². The van der Waals surface area contributed by atoms with Crippen molar-refractivity contribution in [1.82, 2.24) is 10.2 Å². The number of likely N-dealkylation sites (N-methyl/N-ethyl adjacent to an activating group) is 1. The molecule has 0 spiro atoms. The second-order valence-electron chi connectivity index (χ2n) is 10.3. The maximum absolute atomic E-state index is 13.7. The van der Waals surface area contributed by atoms with Crippen LogP contribution in [0.25, 0.3) is 0 Å². The summed E-state index contributed by atoms with van der Waals surface area (Å²) in [6.45, 7) is 10.2. The lowest BCUT2D eigenvalue weighted by Crippen LogP contribution is -2.56. The number of carbonyl (C=O) groups is 3. The van der Waals surface area contributed by atoms with Crippen LogP contribution in [0.4, 0.5) is 5.69 Å². The topological polar surface area (TPSA) is 79.0 Å². The van der Waals surface area contributed by atoms with Gasteiger partial charge in [-0.15, -0.1) is 0 Å². The zero-order chi connectivity index (χ0) is 25.2. The molecular formula is C27H35N3O4. The number of rotatable bonds is 5. The molecule has 0 saturated heterocycles. The van der Waals surface area contributed by atoms with Gasteiger partial charge in [0.15, 0.2) is 6.10 Å². The Morgan fingerprint density at radius 3 is 2.21 bits per heavy atom. The Labute approximate surface area is 202 Å². The van der Waals surface area contributed by atoms with Gasteiger partial charge in [-0.3, -0.25) is 14.4 Å². The number of nitrogens with zero attached hydrogens (tertiary/aromatic N) is 2. The van der Waals surface area contributed by atoms with Gasteiger partial charge in [0.25, 0.3) is 11.8 Å². The van der Waals surface area contributed by atoms with Crippen molar-refractivity contribution >= 4 is 23.4 Å². The van der Waals surface area contributed by atoms with E-state index in [2.05, 4.69) is 26.1 Å². The molecule has 2 aromatic carbocycles. The van der Waals surface area contributed by atoms with Gasteiger partial charge in [0, 0.05) is 19.7 Å². The number of nitrogens with one attached hydrogen (secondary N) is 1. The lowest BCUT2D eigenvalue weighted by molar-refractivity contribution is -0.136. The van der Waals surface area contributed by atoms with Crippen LogP contribution in [0.3, 0.4) is 0 Å². The molecule has 0 bridgehead atoms. The molecule has 7 heteroatoms. The Kier molecular flexibility index (Phi) is 7.34. The van der Waals surface area contributed by atoms with Crippen LogP contribution in [0.2, 0.25) is 0 Å². The van der Waals surface area contributed by atoms with Gasteiger partial charge in [-0.2, -0.15) is 0 Å². The van der Waals surface area contributed by atoms with Crippen LogP contribution in [0.15, 0.2) is 48.5 Å². The minimum Gasteiger partial charge on any atom is -0.476 e. The first-order valence-corrected chi connectivity index (χ1v) is 11.6. The second kappa shape index (κ2) is 9.87. The zero-order valence-electron chi connectivity index (χ0n) is 21.1. The number of fused-ring (bicyclic) bond motifs is 1. The summed E-state index contributed by atoms with van der Waals surface area (Å²) in [5.41, 5.74) is 2.19. The summed E-state index contributed by atoms with van der Waals surface area (Å²) in [6.07, 6.45) is -0.817. The highest BCUT2D eigenvalue weighted by molar-refractivity contribution is 6.04. The number of benzene rings is 2. The van der Waals surface area contributed by atoms with Gasteiger partial charge in [-0.1, -0.05) is 58.9 Å². The Morgan fingerprint density at radius 2 is 1.65 bits per heavy atom. The van der Waals surface area contributed by atoms with Gasteiger partial charge in [0.05, 0.1) is 12.2 Å². The molecule has 0 aromatic heterocycles. The molecule has 1 aliphatic rings. The van der Waals surface area contributed by atoms with E-state index < -0.39 is 12.1 Å². The summed E-state index contributed by atoms with van der Waals surface area (Å²) in [7, 11) is 3.31. The van der Waals surface area contributed by atoms with Crippen LogP contribution in [0, 0.1) is 5.92 Å². The predicted molar refractivity (Wildman–Crippen MR) is 133 cm³/mol. The molecule has 3 amide bonds. The van der Waals surface area contributed by atoms with Gasteiger partial charge in [0.1, 0.15) is 11.8 Å². The molecule has 0 aliphatic carbocycles. The summed E-state index contributed by atoms with van der Waals surface area (Å²) in [5.74, 6) is -0.509.